The van der Waals surface area contributed by atoms with Crippen molar-refractivity contribution in [3.63, 3.8) is 0 Å². The highest BCUT2D eigenvalue weighted by molar-refractivity contribution is 5.15. The molecule has 0 fully saturated rings. The molecule has 0 saturated carbocycles. The summed E-state index contributed by atoms with van der Waals surface area (Å²) in [4.78, 5) is 0. The van der Waals surface area contributed by atoms with Crippen LogP contribution in [0.15, 0.2) is 30.3 Å². The maximum Gasteiger partial charge on any atom is 0.0587 e. The van der Waals surface area contributed by atoms with E-state index in [1.165, 1.54) is 44.1 Å². The summed E-state index contributed by atoms with van der Waals surface area (Å²) in [6, 6.07) is 10.6. The molecule has 0 saturated heterocycles. The minimum absolute atomic E-state index is 0.193. The highest BCUT2D eigenvalue weighted by Gasteiger charge is 2.06. The van der Waals surface area contributed by atoms with E-state index in [0.717, 1.165) is 13.0 Å². The van der Waals surface area contributed by atoms with Gasteiger partial charge in [0, 0.05) is 6.04 Å². The first kappa shape index (κ1) is 16.2. The van der Waals surface area contributed by atoms with Gasteiger partial charge in [0.15, 0.2) is 0 Å². The van der Waals surface area contributed by atoms with Crippen molar-refractivity contribution in [1.29, 1.82) is 0 Å². The van der Waals surface area contributed by atoms with E-state index in [9.17, 15) is 5.11 Å². The standard InChI is InChI=1S/C17H29NO/c1-2-3-4-5-6-10-13-18-17(15-19)14-16-11-8-7-9-12-16/h7-9,11-12,17-19H,2-6,10,13-15H2,1H3/t17-/m1/s1. The van der Waals surface area contributed by atoms with Crippen LogP contribution in [-0.2, 0) is 6.42 Å². The van der Waals surface area contributed by atoms with E-state index in [2.05, 4.69) is 36.5 Å². The highest BCUT2D eigenvalue weighted by Crippen LogP contribution is 2.05. The van der Waals surface area contributed by atoms with E-state index in [0.29, 0.717) is 0 Å². The summed E-state index contributed by atoms with van der Waals surface area (Å²) < 4.78 is 0. The summed E-state index contributed by atoms with van der Waals surface area (Å²) in [7, 11) is 0. The summed E-state index contributed by atoms with van der Waals surface area (Å²) in [6.45, 7) is 3.48. The first-order valence-electron chi connectivity index (χ1n) is 7.75. The van der Waals surface area contributed by atoms with Crippen LogP contribution in [0, 0.1) is 0 Å². The van der Waals surface area contributed by atoms with Crippen molar-refractivity contribution in [3.8, 4) is 0 Å². The summed E-state index contributed by atoms with van der Waals surface area (Å²) in [5, 5.41) is 12.9. The molecule has 0 aromatic heterocycles. The van der Waals surface area contributed by atoms with Crippen LogP contribution in [-0.4, -0.2) is 24.3 Å². The first-order chi connectivity index (χ1) is 9.36. The maximum atomic E-state index is 9.40. The zero-order valence-electron chi connectivity index (χ0n) is 12.3. The second-order valence-corrected chi connectivity index (χ2v) is 5.29. The lowest BCUT2D eigenvalue weighted by atomic mass is 10.1. The SMILES string of the molecule is CCCCCCCCN[C@@H](CO)Cc1ccccc1. The molecule has 0 radical (unpaired) electrons. The van der Waals surface area contributed by atoms with Crippen LogP contribution in [0.1, 0.15) is 51.0 Å². The number of unbranched alkanes of at least 4 members (excludes halogenated alkanes) is 5. The molecule has 1 aromatic rings. The van der Waals surface area contributed by atoms with Crippen molar-refractivity contribution in [2.45, 2.75) is 57.9 Å². The van der Waals surface area contributed by atoms with Crippen LogP contribution in [0.5, 0.6) is 0 Å². The van der Waals surface area contributed by atoms with Gasteiger partial charge in [-0.2, -0.15) is 0 Å². The molecule has 1 rings (SSSR count). The summed E-state index contributed by atoms with van der Waals surface area (Å²) >= 11 is 0. The smallest absolute Gasteiger partial charge is 0.0587 e. The molecule has 19 heavy (non-hydrogen) atoms. The van der Waals surface area contributed by atoms with Gasteiger partial charge in [-0.15, -0.1) is 0 Å². The molecule has 0 unspecified atom stereocenters. The van der Waals surface area contributed by atoms with Gasteiger partial charge in [-0.25, -0.2) is 0 Å². The molecule has 0 aliphatic carbocycles. The Morgan fingerprint density at radius 2 is 1.68 bits per heavy atom. The minimum Gasteiger partial charge on any atom is -0.395 e. The van der Waals surface area contributed by atoms with Crippen LogP contribution < -0.4 is 5.32 Å². The Bertz CT molecular complexity index is 299. The summed E-state index contributed by atoms with van der Waals surface area (Å²) in [5.41, 5.74) is 1.29. The number of hydrogen-bond acceptors (Lipinski definition) is 2. The van der Waals surface area contributed by atoms with E-state index >= 15 is 0 Å². The zero-order valence-corrected chi connectivity index (χ0v) is 12.3. The van der Waals surface area contributed by atoms with Gasteiger partial charge in [0.1, 0.15) is 0 Å². The van der Waals surface area contributed by atoms with Gasteiger partial charge in [-0.3, -0.25) is 0 Å². The fourth-order valence-corrected chi connectivity index (χ4v) is 2.31. The third-order valence-corrected chi connectivity index (χ3v) is 3.51. The van der Waals surface area contributed by atoms with Crippen LogP contribution in [0.2, 0.25) is 0 Å². The molecule has 2 N–H and O–H groups in total. The van der Waals surface area contributed by atoms with Crippen molar-refractivity contribution in [2.75, 3.05) is 13.2 Å². The lowest BCUT2D eigenvalue weighted by molar-refractivity contribution is 0.241. The van der Waals surface area contributed by atoms with Crippen LogP contribution >= 0.6 is 0 Å². The summed E-state index contributed by atoms with van der Waals surface area (Å²) in [5.74, 6) is 0. The molecule has 1 atom stereocenters. The number of benzene rings is 1. The number of nitrogens with one attached hydrogen (secondary N) is 1. The number of rotatable bonds is 11. The highest BCUT2D eigenvalue weighted by atomic mass is 16.3. The number of aliphatic hydroxyl groups is 1. The van der Waals surface area contributed by atoms with E-state index in [1.807, 2.05) is 6.07 Å². The van der Waals surface area contributed by atoms with Gasteiger partial charge in [-0.05, 0) is 24.9 Å². The molecule has 0 spiro atoms. The lowest BCUT2D eigenvalue weighted by Crippen LogP contribution is -2.35. The fourth-order valence-electron chi connectivity index (χ4n) is 2.31. The molecular formula is C17H29NO. The molecule has 0 heterocycles. The van der Waals surface area contributed by atoms with Gasteiger partial charge < -0.3 is 10.4 Å². The average molecular weight is 263 g/mol. The Balaban J connectivity index is 2.09. The van der Waals surface area contributed by atoms with E-state index in [1.54, 1.807) is 0 Å². The minimum atomic E-state index is 0.193. The Morgan fingerprint density at radius 1 is 1.00 bits per heavy atom. The molecule has 0 aliphatic rings. The molecule has 0 amide bonds. The number of aliphatic hydroxyl groups excluding tert-OH is 1. The molecule has 2 heteroatoms. The average Bonchev–Trinajstić information content (AvgIpc) is 2.46. The molecule has 0 aliphatic heterocycles. The van der Waals surface area contributed by atoms with Gasteiger partial charge in [0.2, 0.25) is 0 Å². The van der Waals surface area contributed by atoms with Gasteiger partial charge >= 0.3 is 0 Å². The molecule has 1 aromatic carbocycles. The zero-order chi connectivity index (χ0) is 13.8. The second-order valence-electron chi connectivity index (χ2n) is 5.29. The van der Waals surface area contributed by atoms with Gasteiger partial charge in [-0.1, -0.05) is 69.4 Å². The Kier molecular flexibility index (Phi) is 9.38. The van der Waals surface area contributed by atoms with Crippen LogP contribution in [0.25, 0.3) is 0 Å². The lowest BCUT2D eigenvalue weighted by Gasteiger charge is -2.16. The Labute approximate surface area is 118 Å². The van der Waals surface area contributed by atoms with E-state index in [-0.39, 0.29) is 12.6 Å². The van der Waals surface area contributed by atoms with Crippen molar-refractivity contribution < 1.29 is 5.11 Å². The second kappa shape index (κ2) is 11.0. The van der Waals surface area contributed by atoms with Crippen molar-refractivity contribution in [1.82, 2.24) is 5.32 Å². The van der Waals surface area contributed by atoms with Gasteiger partial charge in [0.25, 0.3) is 0 Å². The van der Waals surface area contributed by atoms with Crippen molar-refractivity contribution in [3.05, 3.63) is 35.9 Å². The van der Waals surface area contributed by atoms with Crippen molar-refractivity contribution >= 4 is 0 Å². The van der Waals surface area contributed by atoms with E-state index in [4.69, 9.17) is 0 Å². The van der Waals surface area contributed by atoms with Crippen LogP contribution in [0.4, 0.5) is 0 Å². The predicted octanol–water partition coefficient (Wildman–Crippen LogP) is 3.54. The molecule has 108 valence electrons. The van der Waals surface area contributed by atoms with Crippen LogP contribution in [0.3, 0.4) is 0 Å². The normalized spacial score (nSPS) is 12.5. The first-order valence-corrected chi connectivity index (χ1v) is 7.75. The summed E-state index contributed by atoms with van der Waals surface area (Å²) in [6.07, 6.45) is 8.81. The maximum absolute atomic E-state index is 9.40. The Hall–Kier alpha value is -0.860. The molecule has 0 bridgehead atoms. The monoisotopic (exact) mass is 263 g/mol. The van der Waals surface area contributed by atoms with Crippen molar-refractivity contribution in [2.24, 2.45) is 0 Å². The third kappa shape index (κ3) is 8.02. The quantitative estimate of drug-likeness (QED) is 0.599. The Morgan fingerprint density at radius 3 is 2.37 bits per heavy atom. The molecular weight excluding hydrogens is 234 g/mol. The third-order valence-electron chi connectivity index (χ3n) is 3.51. The van der Waals surface area contributed by atoms with Gasteiger partial charge in [0.05, 0.1) is 6.61 Å². The topological polar surface area (TPSA) is 32.3 Å². The molecule has 2 nitrogen and oxygen atoms in total. The predicted molar refractivity (Wildman–Crippen MR) is 82.4 cm³/mol. The number of hydrogen-bond donors (Lipinski definition) is 2. The largest absolute Gasteiger partial charge is 0.395 e. The fraction of sp³-hybridized carbons (Fsp3) is 0.647. The van der Waals surface area contributed by atoms with E-state index < -0.39 is 0 Å².